The molecule has 5 nitrogen and oxygen atoms in total. The predicted molar refractivity (Wildman–Crippen MR) is 57.0 cm³/mol. The molecule has 1 fully saturated rings. The Kier molecular flexibility index (Phi) is 4.31. The highest BCUT2D eigenvalue weighted by Crippen LogP contribution is 2.08. The minimum absolute atomic E-state index is 0.141. The fraction of sp³-hybridized carbons (Fsp3) is 0.625. The molecule has 78 valence electrons. The molecule has 14 heavy (non-hydrogen) atoms. The summed E-state index contributed by atoms with van der Waals surface area (Å²) in [5.41, 5.74) is 3.74. The van der Waals surface area contributed by atoms with Gasteiger partial charge in [0.2, 0.25) is 11.8 Å². The second-order valence-electron chi connectivity index (χ2n) is 2.86. The van der Waals surface area contributed by atoms with E-state index in [9.17, 15) is 4.79 Å². The number of likely N-dealkylation sites (tertiary alicyclic amines) is 1. The smallest absolute Gasteiger partial charge is 0.231 e. The van der Waals surface area contributed by atoms with Gasteiger partial charge in [0.1, 0.15) is 0 Å². The van der Waals surface area contributed by atoms with Crippen molar-refractivity contribution < 1.29 is 9.53 Å². The van der Waals surface area contributed by atoms with Gasteiger partial charge in [-0.05, 0) is 18.6 Å². The molecule has 1 saturated heterocycles. The molecular formula is C8H13N3O2S. The minimum Gasteiger partial charge on any atom is -0.436 e. The Morgan fingerprint density at radius 2 is 2.64 bits per heavy atom. The Morgan fingerprint density at radius 3 is 3.14 bits per heavy atom. The number of hydrogen-bond donors (Lipinski definition) is 1. The quantitative estimate of drug-likeness (QED) is 0.313. The zero-order chi connectivity index (χ0) is 10.4. The van der Waals surface area contributed by atoms with Gasteiger partial charge >= 0.3 is 0 Å². The molecule has 0 saturated carbocycles. The van der Waals surface area contributed by atoms with E-state index in [1.165, 1.54) is 0 Å². The SMILES string of the molecule is CN/N=C(/CN1CCCC1=O)OC=S. The van der Waals surface area contributed by atoms with Crippen LogP contribution in [0.15, 0.2) is 5.10 Å². The highest BCUT2D eigenvalue weighted by atomic mass is 32.1. The minimum atomic E-state index is 0.141. The van der Waals surface area contributed by atoms with E-state index in [4.69, 9.17) is 4.74 Å². The molecule has 0 aromatic carbocycles. The summed E-state index contributed by atoms with van der Waals surface area (Å²) in [6, 6.07) is 0. The van der Waals surface area contributed by atoms with Crippen molar-refractivity contribution in [3.05, 3.63) is 0 Å². The average molecular weight is 215 g/mol. The van der Waals surface area contributed by atoms with Crippen LogP contribution in [0.3, 0.4) is 0 Å². The van der Waals surface area contributed by atoms with Crippen LogP contribution in [0.25, 0.3) is 0 Å². The van der Waals surface area contributed by atoms with Crippen molar-refractivity contribution in [2.75, 3.05) is 20.1 Å². The molecule has 0 aromatic rings. The van der Waals surface area contributed by atoms with Crippen molar-refractivity contribution in [3.63, 3.8) is 0 Å². The summed E-state index contributed by atoms with van der Waals surface area (Å²) in [5, 5.41) is 3.86. The molecule has 0 unspecified atom stereocenters. The van der Waals surface area contributed by atoms with Crippen LogP contribution in [0.4, 0.5) is 0 Å². The molecule has 0 spiro atoms. The van der Waals surface area contributed by atoms with Crippen LogP contribution in [0.1, 0.15) is 12.8 Å². The van der Waals surface area contributed by atoms with Crippen LogP contribution < -0.4 is 5.43 Å². The van der Waals surface area contributed by atoms with Gasteiger partial charge in [0.05, 0.1) is 6.54 Å². The van der Waals surface area contributed by atoms with Crippen molar-refractivity contribution in [2.45, 2.75) is 12.8 Å². The maximum absolute atomic E-state index is 11.3. The Hall–Kier alpha value is -1.17. The Labute approximate surface area is 88.1 Å². The maximum Gasteiger partial charge on any atom is 0.231 e. The zero-order valence-corrected chi connectivity index (χ0v) is 8.84. The first-order valence-electron chi connectivity index (χ1n) is 4.39. The predicted octanol–water partition coefficient (Wildman–Crippen LogP) is 0.115. The Morgan fingerprint density at radius 1 is 1.86 bits per heavy atom. The van der Waals surface area contributed by atoms with Gasteiger partial charge in [-0.2, -0.15) is 0 Å². The van der Waals surface area contributed by atoms with E-state index in [0.29, 0.717) is 18.9 Å². The summed E-state index contributed by atoms with van der Waals surface area (Å²) < 4.78 is 4.98. The van der Waals surface area contributed by atoms with Gasteiger partial charge in [-0.1, -0.05) is 0 Å². The summed E-state index contributed by atoms with van der Waals surface area (Å²) >= 11 is 4.55. The number of nitrogens with zero attached hydrogens (tertiary/aromatic N) is 2. The first-order valence-corrected chi connectivity index (χ1v) is 4.86. The van der Waals surface area contributed by atoms with E-state index in [1.807, 2.05) is 0 Å². The fourth-order valence-electron chi connectivity index (χ4n) is 1.31. The third kappa shape index (κ3) is 2.95. The van der Waals surface area contributed by atoms with E-state index >= 15 is 0 Å². The molecule has 0 aromatic heterocycles. The largest absolute Gasteiger partial charge is 0.436 e. The molecule has 6 heteroatoms. The number of nitrogens with one attached hydrogen (secondary N) is 1. The van der Waals surface area contributed by atoms with Gasteiger partial charge < -0.3 is 15.1 Å². The van der Waals surface area contributed by atoms with E-state index in [2.05, 4.69) is 22.7 Å². The van der Waals surface area contributed by atoms with Gasteiger partial charge in [-0.15, -0.1) is 5.10 Å². The molecular weight excluding hydrogens is 202 g/mol. The fourth-order valence-corrected chi connectivity index (χ4v) is 1.42. The topological polar surface area (TPSA) is 53.9 Å². The number of hydrazone groups is 1. The first kappa shape index (κ1) is 10.9. The van der Waals surface area contributed by atoms with E-state index in [-0.39, 0.29) is 5.91 Å². The van der Waals surface area contributed by atoms with E-state index in [1.54, 1.807) is 11.9 Å². The van der Waals surface area contributed by atoms with Crippen molar-refractivity contribution in [3.8, 4) is 0 Å². The van der Waals surface area contributed by atoms with Crippen LogP contribution in [0, 0.1) is 0 Å². The third-order valence-corrected chi connectivity index (χ3v) is 2.01. The standard InChI is InChI=1S/C8H13N3O2S/c1-9-10-7(13-6-14)5-11-4-2-3-8(11)12/h6,9H,2-5H2,1H3/b10-7-. The summed E-state index contributed by atoms with van der Waals surface area (Å²) in [4.78, 5) is 13.0. The lowest BCUT2D eigenvalue weighted by atomic mass is 10.4. The molecule has 0 bridgehead atoms. The summed E-state index contributed by atoms with van der Waals surface area (Å²) in [7, 11) is 1.67. The molecule has 0 radical (unpaired) electrons. The molecule has 1 aliphatic heterocycles. The van der Waals surface area contributed by atoms with E-state index in [0.717, 1.165) is 18.5 Å². The highest BCUT2D eigenvalue weighted by molar-refractivity contribution is 7.78. The van der Waals surface area contributed by atoms with Crippen LogP contribution in [0.2, 0.25) is 0 Å². The number of hydrogen-bond acceptors (Lipinski definition) is 5. The lowest BCUT2D eigenvalue weighted by Crippen LogP contribution is -2.32. The van der Waals surface area contributed by atoms with Gasteiger partial charge in [0.15, 0.2) is 5.55 Å². The second-order valence-corrected chi connectivity index (χ2v) is 3.05. The normalized spacial score (nSPS) is 17.1. The second kappa shape index (κ2) is 5.54. The zero-order valence-electron chi connectivity index (χ0n) is 8.02. The van der Waals surface area contributed by atoms with Gasteiger partial charge in [0, 0.05) is 20.0 Å². The van der Waals surface area contributed by atoms with Gasteiger partial charge in [-0.25, -0.2) is 0 Å². The third-order valence-electron chi connectivity index (χ3n) is 1.92. The lowest BCUT2D eigenvalue weighted by Gasteiger charge is -2.15. The molecule has 0 atom stereocenters. The Balaban J connectivity index is 2.50. The number of thiocarbonyl (C=S) groups is 1. The van der Waals surface area contributed by atoms with Gasteiger partial charge in [0.25, 0.3) is 0 Å². The summed E-state index contributed by atoms with van der Waals surface area (Å²) in [6.07, 6.45) is 1.52. The summed E-state index contributed by atoms with van der Waals surface area (Å²) in [5.74, 6) is 0.555. The van der Waals surface area contributed by atoms with Gasteiger partial charge in [-0.3, -0.25) is 4.79 Å². The first-order chi connectivity index (χ1) is 6.77. The molecule has 1 aliphatic rings. The summed E-state index contributed by atoms with van der Waals surface area (Å²) in [6.45, 7) is 1.15. The van der Waals surface area contributed by atoms with Crippen LogP contribution in [-0.2, 0) is 9.53 Å². The molecule has 1 heterocycles. The van der Waals surface area contributed by atoms with Crippen LogP contribution in [-0.4, -0.2) is 42.4 Å². The van der Waals surface area contributed by atoms with E-state index < -0.39 is 0 Å². The van der Waals surface area contributed by atoms with Crippen molar-refractivity contribution >= 4 is 29.6 Å². The van der Waals surface area contributed by atoms with Crippen molar-refractivity contribution in [1.82, 2.24) is 10.3 Å². The van der Waals surface area contributed by atoms with Crippen molar-refractivity contribution in [1.29, 1.82) is 0 Å². The van der Waals surface area contributed by atoms with Crippen LogP contribution >= 0.6 is 12.2 Å². The molecule has 0 aliphatic carbocycles. The van der Waals surface area contributed by atoms with Crippen molar-refractivity contribution in [2.24, 2.45) is 5.10 Å². The Bertz CT molecular complexity index is 255. The average Bonchev–Trinajstić information content (AvgIpc) is 2.53. The number of carbonyl (C=O) groups excluding carboxylic acids is 1. The number of carbonyl (C=O) groups is 1. The maximum atomic E-state index is 11.3. The number of rotatable bonds is 4. The molecule has 1 amide bonds. The molecule has 1 N–H and O–H groups in total. The van der Waals surface area contributed by atoms with Crippen LogP contribution in [0.5, 0.6) is 0 Å². The monoisotopic (exact) mass is 215 g/mol. The number of amides is 1. The number of ether oxygens (including phenoxy) is 1. The highest BCUT2D eigenvalue weighted by Gasteiger charge is 2.21. The molecule has 1 rings (SSSR count). The lowest BCUT2D eigenvalue weighted by molar-refractivity contribution is -0.127.